The number of hydrogen-bond donors (Lipinski definition) is 1. The van der Waals surface area contributed by atoms with E-state index in [0.29, 0.717) is 0 Å². The zero-order valence-electron chi connectivity index (χ0n) is 11.6. The van der Waals surface area contributed by atoms with Crippen molar-refractivity contribution < 1.29 is 0 Å². The molecule has 1 aromatic carbocycles. The molecule has 0 aromatic heterocycles. The van der Waals surface area contributed by atoms with Crippen molar-refractivity contribution in [1.29, 1.82) is 0 Å². The molecule has 0 amide bonds. The molecule has 1 fully saturated rings. The molecule has 1 saturated heterocycles. The molecule has 0 radical (unpaired) electrons. The summed E-state index contributed by atoms with van der Waals surface area (Å²) in [6.45, 7) is 4.49. The van der Waals surface area contributed by atoms with Crippen LogP contribution in [0.1, 0.15) is 44.6 Å². The van der Waals surface area contributed by atoms with E-state index < -0.39 is 0 Å². The molecule has 0 spiro atoms. The summed E-state index contributed by atoms with van der Waals surface area (Å²) in [5.74, 6) is 0. The Labute approximate surface area is 111 Å². The van der Waals surface area contributed by atoms with Crippen molar-refractivity contribution in [1.82, 2.24) is 0 Å². The summed E-state index contributed by atoms with van der Waals surface area (Å²) < 4.78 is 0. The molecule has 2 N–H and O–H groups in total. The first-order valence-electron chi connectivity index (χ1n) is 7.35. The van der Waals surface area contributed by atoms with E-state index in [0.717, 1.165) is 6.42 Å². The summed E-state index contributed by atoms with van der Waals surface area (Å²) in [7, 11) is 0. The van der Waals surface area contributed by atoms with Gasteiger partial charge in [-0.15, -0.1) is 0 Å². The lowest BCUT2D eigenvalue weighted by atomic mass is 10.1. The zero-order valence-corrected chi connectivity index (χ0v) is 11.6. The molecule has 2 nitrogen and oxygen atoms in total. The normalized spacial score (nSPS) is 19.1. The number of nitrogens with two attached hydrogens (primary N) is 1. The standard InChI is InChI=1S/C16H26N2/c1-14(17)13-15-7-9-16(10-8-15)18-11-5-3-2-4-6-12-18/h7-10,14H,2-6,11-13,17H2,1H3. The Morgan fingerprint density at radius 2 is 1.56 bits per heavy atom. The smallest absolute Gasteiger partial charge is 0.0366 e. The van der Waals surface area contributed by atoms with Crippen LogP contribution in [0.5, 0.6) is 0 Å². The summed E-state index contributed by atoms with van der Waals surface area (Å²) in [5, 5.41) is 0. The second kappa shape index (κ2) is 6.79. The van der Waals surface area contributed by atoms with Gasteiger partial charge in [-0.25, -0.2) is 0 Å². The molecule has 0 bridgehead atoms. The second-order valence-corrected chi connectivity index (χ2v) is 5.60. The van der Waals surface area contributed by atoms with Crippen LogP contribution in [0.2, 0.25) is 0 Å². The molecule has 1 aromatic rings. The zero-order chi connectivity index (χ0) is 12.8. The quantitative estimate of drug-likeness (QED) is 0.886. The third-order valence-electron chi connectivity index (χ3n) is 3.72. The van der Waals surface area contributed by atoms with E-state index in [4.69, 9.17) is 5.73 Å². The molecule has 1 heterocycles. The molecule has 18 heavy (non-hydrogen) atoms. The van der Waals surface area contributed by atoms with Crippen molar-refractivity contribution in [3.8, 4) is 0 Å². The van der Waals surface area contributed by atoms with Crippen LogP contribution in [0.15, 0.2) is 24.3 Å². The highest BCUT2D eigenvalue weighted by atomic mass is 15.1. The van der Waals surface area contributed by atoms with Crippen LogP contribution in [0.25, 0.3) is 0 Å². The Kier molecular flexibility index (Phi) is 5.06. The molecule has 100 valence electrons. The number of benzene rings is 1. The van der Waals surface area contributed by atoms with Crippen LogP contribution in [0.3, 0.4) is 0 Å². The van der Waals surface area contributed by atoms with Gasteiger partial charge >= 0.3 is 0 Å². The lowest BCUT2D eigenvalue weighted by molar-refractivity contribution is 0.556. The van der Waals surface area contributed by atoms with E-state index in [-0.39, 0.29) is 6.04 Å². The maximum atomic E-state index is 5.83. The molecule has 1 atom stereocenters. The average Bonchev–Trinajstić information content (AvgIpc) is 2.29. The van der Waals surface area contributed by atoms with Gasteiger partial charge in [-0.2, -0.15) is 0 Å². The number of nitrogens with zero attached hydrogens (tertiary/aromatic N) is 1. The Balaban J connectivity index is 1.98. The molecule has 1 unspecified atom stereocenters. The van der Waals surface area contributed by atoms with Crippen molar-refractivity contribution >= 4 is 5.69 Å². The molecular weight excluding hydrogens is 220 g/mol. The minimum atomic E-state index is 0.248. The van der Waals surface area contributed by atoms with Crippen LogP contribution in [-0.4, -0.2) is 19.1 Å². The van der Waals surface area contributed by atoms with Gasteiger partial charge < -0.3 is 10.6 Å². The molecule has 0 saturated carbocycles. The van der Waals surface area contributed by atoms with E-state index in [1.807, 2.05) is 0 Å². The molecule has 1 aliphatic heterocycles. The molecule has 1 aliphatic rings. The Hall–Kier alpha value is -1.02. The Morgan fingerprint density at radius 1 is 1.00 bits per heavy atom. The largest absolute Gasteiger partial charge is 0.372 e. The summed E-state index contributed by atoms with van der Waals surface area (Å²) in [6.07, 6.45) is 7.84. The molecule has 0 aliphatic carbocycles. The van der Waals surface area contributed by atoms with Gasteiger partial charge in [0.25, 0.3) is 0 Å². The molecule has 2 rings (SSSR count). The lowest BCUT2D eigenvalue weighted by Gasteiger charge is -2.27. The van der Waals surface area contributed by atoms with Crippen LogP contribution in [-0.2, 0) is 6.42 Å². The van der Waals surface area contributed by atoms with E-state index in [2.05, 4.69) is 36.1 Å². The highest BCUT2D eigenvalue weighted by Gasteiger charge is 2.09. The van der Waals surface area contributed by atoms with Crippen LogP contribution >= 0.6 is 0 Å². The highest BCUT2D eigenvalue weighted by Crippen LogP contribution is 2.20. The predicted molar refractivity (Wildman–Crippen MR) is 79.1 cm³/mol. The minimum absolute atomic E-state index is 0.248. The summed E-state index contributed by atoms with van der Waals surface area (Å²) in [4.78, 5) is 2.54. The van der Waals surface area contributed by atoms with Crippen LogP contribution in [0.4, 0.5) is 5.69 Å². The van der Waals surface area contributed by atoms with Gasteiger partial charge in [0.05, 0.1) is 0 Å². The Bertz CT molecular complexity index is 335. The van der Waals surface area contributed by atoms with E-state index >= 15 is 0 Å². The first kappa shape index (κ1) is 13.4. The number of hydrogen-bond acceptors (Lipinski definition) is 2. The maximum absolute atomic E-state index is 5.83. The first-order chi connectivity index (χ1) is 8.75. The minimum Gasteiger partial charge on any atom is -0.372 e. The molecular formula is C16H26N2. The lowest BCUT2D eigenvalue weighted by Crippen LogP contribution is -2.26. The van der Waals surface area contributed by atoms with Gasteiger partial charge in [0, 0.05) is 24.8 Å². The first-order valence-corrected chi connectivity index (χ1v) is 7.35. The summed E-state index contributed by atoms with van der Waals surface area (Å²) in [5.41, 5.74) is 8.56. The van der Waals surface area contributed by atoms with Crippen molar-refractivity contribution in [2.24, 2.45) is 5.73 Å². The fourth-order valence-corrected chi connectivity index (χ4v) is 2.72. The third-order valence-corrected chi connectivity index (χ3v) is 3.72. The van der Waals surface area contributed by atoms with Gasteiger partial charge in [-0.1, -0.05) is 31.4 Å². The summed E-state index contributed by atoms with van der Waals surface area (Å²) >= 11 is 0. The monoisotopic (exact) mass is 246 g/mol. The van der Waals surface area contributed by atoms with E-state index in [1.165, 1.54) is 56.4 Å². The van der Waals surface area contributed by atoms with Crippen molar-refractivity contribution in [3.05, 3.63) is 29.8 Å². The number of rotatable bonds is 3. The average molecular weight is 246 g/mol. The van der Waals surface area contributed by atoms with Gasteiger partial charge in [0.15, 0.2) is 0 Å². The van der Waals surface area contributed by atoms with Crippen LogP contribution < -0.4 is 10.6 Å². The van der Waals surface area contributed by atoms with Crippen molar-refractivity contribution in [2.45, 2.75) is 51.5 Å². The van der Waals surface area contributed by atoms with Crippen molar-refractivity contribution in [2.75, 3.05) is 18.0 Å². The van der Waals surface area contributed by atoms with Crippen LogP contribution in [0, 0.1) is 0 Å². The second-order valence-electron chi connectivity index (χ2n) is 5.60. The van der Waals surface area contributed by atoms with Gasteiger partial charge in [0.2, 0.25) is 0 Å². The fraction of sp³-hybridized carbons (Fsp3) is 0.625. The third kappa shape index (κ3) is 4.02. The van der Waals surface area contributed by atoms with E-state index in [1.54, 1.807) is 0 Å². The molecule has 2 heteroatoms. The Morgan fingerprint density at radius 3 is 2.11 bits per heavy atom. The SMILES string of the molecule is CC(N)Cc1ccc(N2CCCCCCC2)cc1. The maximum Gasteiger partial charge on any atom is 0.0366 e. The van der Waals surface area contributed by atoms with Gasteiger partial charge in [-0.05, 0) is 43.9 Å². The highest BCUT2D eigenvalue weighted by molar-refractivity contribution is 5.47. The predicted octanol–water partition coefficient (Wildman–Crippen LogP) is 3.35. The van der Waals surface area contributed by atoms with Crippen molar-refractivity contribution in [3.63, 3.8) is 0 Å². The van der Waals surface area contributed by atoms with Gasteiger partial charge in [0.1, 0.15) is 0 Å². The number of anilines is 1. The fourth-order valence-electron chi connectivity index (χ4n) is 2.72. The van der Waals surface area contributed by atoms with Gasteiger partial charge in [-0.3, -0.25) is 0 Å². The van der Waals surface area contributed by atoms with E-state index in [9.17, 15) is 0 Å². The summed E-state index contributed by atoms with van der Waals surface area (Å²) in [6, 6.07) is 9.24. The topological polar surface area (TPSA) is 29.3 Å².